The van der Waals surface area contributed by atoms with E-state index in [1.165, 1.54) is 11.1 Å². The fourth-order valence-electron chi connectivity index (χ4n) is 3.82. The minimum Gasteiger partial charge on any atom is -0.396 e. The second-order valence-corrected chi connectivity index (χ2v) is 8.44. The number of aliphatic hydroxyl groups excluding tert-OH is 1. The topological polar surface area (TPSA) is 44.5 Å². The summed E-state index contributed by atoms with van der Waals surface area (Å²) >= 11 is 8.03. The van der Waals surface area contributed by atoms with Crippen molar-refractivity contribution in [2.24, 2.45) is 0 Å². The van der Waals surface area contributed by atoms with E-state index in [2.05, 4.69) is 37.9 Å². The lowest BCUT2D eigenvalue weighted by Crippen LogP contribution is -2.52. The zero-order chi connectivity index (χ0) is 19.3. The van der Waals surface area contributed by atoms with E-state index in [-0.39, 0.29) is 6.61 Å². The summed E-state index contributed by atoms with van der Waals surface area (Å²) in [6, 6.07) is 10.3. The van der Waals surface area contributed by atoms with Crippen LogP contribution in [0.2, 0.25) is 5.02 Å². The molecule has 1 saturated heterocycles. The first kappa shape index (κ1) is 19.6. The molecular formula is C21H25ClN4OS. The Kier molecular flexibility index (Phi) is 6.44. The van der Waals surface area contributed by atoms with Crippen molar-refractivity contribution >= 4 is 22.9 Å². The molecule has 1 N–H and O–H groups in total. The van der Waals surface area contributed by atoms with Gasteiger partial charge in [0.2, 0.25) is 0 Å². The Bertz CT molecular complexity index is 882. The van der Waals surface area contributed by atoms with Crippen LogP contribution < -0.4 is 0 Å². The van der Waals surface area contributed by atoms with E-state index in [4.69, 9.17) is 11.6 Å². The Morgan fingerprint density at radius 2 is 2.04 bits per heavy atom. The standard InChI is InChI=1S/C21H25ClN4OS/c22-20-3-1-2-4-21(20)26-14-18(11-23-26)12-24-7-8-25(19(15-24)5-9-27)13-17-6-10-28-16-17/h1-4,6,10-11,14,16,19,27H,5,7-9,12-13,15H2/t19-/m0/s1. The largest absolute Gasteiger partial charge is 0.396 e. The Balaban J connectivity index is 1.40. The van der Waals surface area contributed by atoms with Gasteiger partial charge in [-0.25, -0.2) is 4.68 Å². The van der Waals surface area contributed by atoms with Gasteiger partial charge in [0.05, 0.1) is 16.9 Å². The van der Waals surface area contributed by atoms with Gasteiger partial charge in [0, 0.05) is 57.1 Å². The second-order valence-electron chi connectivity index (χ2n) is 7.25. The quantitative estimate of drug-likeness (QED) is 0.638. The summed E-state index contributed by atoms with van der Waals surface area (Å²) in [6.07, 6.45) is 4.78. The van der Waals surface area contributed by atoms with Gasteiger partial charge in [0.1, 0.15) is 0 Å². The molecule has 0 saturated carbocycles. The van der Waals surface area contributed by atoms with Crippen molar-refractivity contribution in [2.45, 2.75) is 25.6 Å². The molecule has 0 aliphatic carbocycles. The number of aliphatic hydroxyl groups is 1. The lowest BCUT2D eigenvalue weighted by atomic mass is 10.1. The highest BCUT2D eigenvalue weighted by atomic mass is 35.5. The van der Waals surface area contributed by atoms with Gasteiger partial charge >= 0.3 is 0 Å². The van der Waals surface area contributed by atoms with Gasteiger partial charge in [-0.05, 0) is 40.9 Å². The van der Waals surface area contributed by atoms with Crippen LogP contribution in [0.5, 0.6) is 0 Å². The molecule has 0 amide bonds. The first-order valence-corrected chi connectivity index (χ1v) is 10.9. The first-order valence-electron chi connectivity index (χ1n) is 9.59. The van der Waals surface area contributed by atoms with E-state index in [0.29, 0.717) is 11.1 Å². The molecule has 3 aromatic rings. The number of hydrogen-bond acceptors (Lipinski definition) is 5. The summed E-state index contributed by atoms with van der Waals surface area (Å²) in [4.78, 5) is 4.96. The average Bonchev–Trinajstić information content (AvgIpc) is 3.37. The maximum Gasteiger partial charge on any atom is 0.0831 e. The number of rotatable bonds is 7. The van der Waals surface area contributed by atoms with Crippen LogP contribution in [0, 0.1) is 0 Å². The molecule has 0 unspecified atom stereocenters. The Morgan fingerprint density at radius 3 is 2.82 bits per heavy atom. The highest BCUT2D eigenvalue weighted by molar-refractivity contribution is 7.07. The number of thiophene rings is 1. The van der Waals surface area contributed by atoms with E-state index >= 15 is 0 Å². The molecule has 1 aliphatic rings. The fraction of sp³-hybridized carbons (Fsp3) is 0.381. The van der Waals surface area contributed by atoms with Crippen LogP contribution in [0.25, 0.3) is 5.69 Å². The van der Waals surface area contributed by atoms with Gasteiger partial charge in [-0.3, -0.25) is 9.80 Å². The monoisotopic (exact) mass is 416 g/mol. The molecule has 5 nitrogen and oxygen atoms in total. The van der Waals surface area contributed by atoms with Crippen LogP contribution in [0.3, 0.4) is 0 Å². The lowest BCUT2D eigenvalue weighted by molar-refractivity contribution is 0.0500. The zero-order valence-electron chi connectivity index (χ0n) is 15.7. The highest BCUT2D eigenvalue weighted by Crippen LogP contribution is 2.22. The predicted octanol–water partition coefficient (Wildman–Crippen LogP) is 3.66. The van der Waals surface area contributed by atoms with E-state index in [0.717, 1.165) is 44.8 Å². The van der Waals surface area contributed by atoms with E-state index in [1.54, 1.807) is 11.3 Å². The van der Waals surface area contributed by atoms with Crippen LogP contribution in [0.1, 0.15) is 17.5 Å². The number of benzene rings is 1. The molecule has 0 bridgehead atoms. The normalized spacial score (nSPS) is 18.6. The van der Waals surface area contributed by atoms with Crippen molar-refractivity contribution in [1.29, 1.82) is 0 Å². The SMILES string of the molecule is OCC[C@H]1CN(Cc2cnn(-c3ccccc3Cl)c2)CCN1Cc1ccsc1. The number of piperazine rings is 1. The van der Waals surface area contributed by atoms with Crippen molar-refractivity contribution in [2.75, 3.05) is 26.2 Å². The average molecular weight is 417 g/mol. The zero-order valence-corrected chi connectivity index (χ0v) is 17.3. The highest BCUT2D eigenvalue weighted by Gasteiger charge is 2.27. The lowest BCUT2D eigenvalue weighted by Gasteiger charge is -2.41. The van der Waals surface area contributed by atoms with Gasteiger partial charge < -0.3 is 5.11 Å². The van der Waals surface area contributed by atoms with Gasteiger partial charge in [-0.2, -0.15) is 16.4 Å². The van der Waals surface area contributed by atoms with Crippen molar-refractivity contribution in [1.82, 2.24) is 19.6 Å². The molecule has 3 heterocycles. The Labute approximate surface area is 174 Å². The van der Waals surface area contributed by atoms with E-state index in [9.17, 15) is 5.11 Å². The number of halogens is 1. The van der Waals surface area contributed by atoms with Gasteiger partial charge in [0.25, 0.3) is 0 Å². The summed E-state index contributed by atoms with van der Waals surface area (Å²) in [6.45, 7) is 5.04. The predicted molar refractivity (Wildman–Crippen MR) is 114 cm³/mol. The molecular weight excluding hydrogens is 392 g/mol. The summed E-state index contributed by atoms with van der Waals surface area (Å²) in [5, 5.41) is 19.1. The van der Waals surface area contributed by atoms with Crippen LogP contribution in [-0.4, -0.2) is 57.0 Å². The van der Waals surface area contributed by atoms with Crippen LogP contribution >= 0.6 is 22.9 Å². The Morgan fingerprint density at radius 1 is 1.14 bits per heavy atom. The van der Waals surface area contributed by atoms with Crippen LogP contribution in [0.4, 0.5) is 0 Å². The number of hydrogen-bond donors (Lipinski definition) is 1. The molecule has 28 heavy (non-hydrogen) atoms. The van der Waals surface area contributed by atoms with Crippen molar-refractivity contribution in [3.63, 3.8) is 0 Å². The smallest absolute Gasteiger partial charge is 0.0831 e. The molecule has 1 aromatic carbocycles. The van der Waals surface area contributed by atoms with Crippen LogP contribution in [0.15, 0.2) is 53.5 Å². The molecule has 148 valence electrons. The maximum atomic E-state index is 9.52. The van der Waals surface area contributed by atoms with Crippen molar-refractivity contribution < 1.29 is 5.11 Å². The molecule has 1 fully saturated rings. The second kappa shape index (κ2) is 9.20. The van der Waals surface area contributed by atoms with Crippen molar-refractivity contribution in [3.8, 4) is 5.69 Å². The number of nitrogens with zero attached hydrogens (tertiary/aromatic N) is 4. The van der Waals surface area contributed by atoms with Crippen LogP contribution in [-0.2, 0) is 13.1 Å². The van der Waals surface area contributed by atoms with E-state index < -0.39 is 0 Å². The minimum absolute atomic E-state index is 0.225. The first-order chi connectivity index (χ1) is 13.7. The molecule has 1 atom stereocenters. The fourth-order valence-corrected chi connectivity index (χ4v) is 4.70. The summed E-state index contributed by atoms with van der Waals surface area (Å²) in [7, 11) is 0. The molecule has 0 spiro atoms. The van der Waals surface area contributed by atoms with Gasteiger partial charge in [-0.1, -0.05) is 23.7 Å². The van der Waals surface area contributed by atoms with Gasteiger partial charge in [0.15, 0.2) is 0 Å². The summed E-state index contributed by atoms with van der Waals surface area (Å²) < 4.78 is 1.84. The Hall–Kier alpha value is -1.70. The molecule has 1 aliphatic heterocycles. The van der Waals surface area contributed by atoms with Crippen molar-refractivity contribution in [3.05, 3.63) is 69.6 Å². The summed E-state index contributed by atoms with van der Waals surface area (Å²) in [5.74, 6) is 0. The minimum atomic E-state index is 0.225. The molecule has 4 rings (SSSR count). The number of para-hydroxylation sites is 1. The third kappa shape index (κ3) is 4.64. The third-order valence-corrected chi connectivity index (χ3v) is 6.31. The number of aromatic nitrogens is 2. The maximum absolute atomic E-state index is 9.52. The summed E-state index contributed by atoms with van der Waals surface area (Å²) in [5.41, 5.74) is 3.44. The molecule has 7 heteroatoms. The molecule has 2 aromatic heterocycles. The van der Waals surface area contributed by atoms with Gasteiger partial charge in [-0.15, -0.1) is 0 Å². The van der Waals surface area contributed by atoms with E-state index in [1.807, 2.05) is 35.1 Å². The molecule has 0 radical (unpaired) electrons. The third-order valence-electron chi connectivity index (χ3n) is 5.26.